The molecule has 2 amide bonds. The smallest absolute Gasteiger partial charge is 0.253 e. The van der Waals surface area contributed by atoms with E-state index in [1.54, 1.807) is 40.8 Å². The van der Waals surface area contributed by atoms with Crippen LogP contribution >= 0.6 is 11.6 Å². The number of hydrogen-bond donors (Lipinski definition) is 2. The van der Waals surface area contributed by atoms with Crippen molar-refractivity contribution in [1.29, 1.82) is 0 Å². The largest absolute Gasteiger partial charge is 0.349 e. The van der Waals surface area contributed by atoms with Crippen molar-refractivity contribution >= 4 is 40.8 Å². The Kier molecular flexibility index (Phi) is 5.68. The van der Waals surface area contributed by atoms with Gasteiger partial charge in [-0.1, -0.05) is 35.9 Å². The van der Waals surface area contributed by atoms with Crippen molar-refractivity contribution in [2.24, 2.45) is 0 Å². The van der Waals surface area contributed by atoms with Crippen LogP contribution in [0.3, 0.4) is 0 Å². The molecule has 3 rings (SSSR count). The molecule has 27 heavy (non-hydrogen) atoms. The molecule has 0 radical (unpaired) electrons. The summed E-state index contributed by atoms with van der Waals surface area (Å²) in [6, 6.07) is 12.3. The normalized spacial score (nSPS) is 10.9. The second-order valence-corrected chi connectivity index (χ2v) is 5.94. The van der Waals surface area contributed by atoms with Crippen LogP contribution in [-0.2, 0) is 4.79 Å². The van der Waals surface area contributed by atoms with Gasteiger partial charge in [0.1, 0.15) is 5.65 Å². The number of carbonyl (C=O) groups is 2. The van der Waals surface area contributed by atoms with Gasteiger partial charge in [-0.2, -0.15) is 0 Å². The topological polar surface area (TPSA) is 75.5 Å². The number of anilines is 1. The molecule has 0 aliphatic rings. The van der Waals surface area contributed by atoms with Crippen molar-refractivity contribution in [3.63, 3.8) is 0 Å². The molecule has 0 spiro atoms. The third kappa shape index (κ3) is 4.24. The van der Waals surface area contributed by atoms with E-state index in [-0.39, 0.29) is 11.8 Å². The van der Waals surface area contributed by atoms with Crippen molar-refractivity contribution in [3.8, 4) is 0 Å². The highest BCUT2D eigenvalue weighted by Crippen LogP contribution is 2.19. The Bertz CT molecular complexity index is 1040. The molecular weight excluding hydrogens is 364 g/mol. The summed E-state index contributed by atoms with van der Waals surface area (Å²) in [5, 5.41) is 5.70. The van der Waals surface area contributed by atoms with Gasteiger partial charge in [0, 0.05) is 18.8 Å². The fraction of sp³-hybridized carbons (Fsp3) is 0.0500. The molecule has 2 N–H and O–H groups in total. The zero-order valence-electron chi connectivity index (χ0n) is 14.4. The first-order valence-electron chi connectivity index (χ1n) is 8.20. The van der Waals surface area contributed by atoms with E-state index >= 15 is 0 Å². The Labute approximate surface area is 161 Å². The Morgan fingerprint density at radius 1 is 1.19 bits per heavy atom. The third-order valence-electron chi connectivity index (χ3n) is 3.75. The summed E-state index contributed by atoms with van der Waals surface area (Å²) in [6.07, 6.45) is 6.32. The van der Waals surface area contributed by atoms with Gasteiger partial charge in [0.15, 0.2) is 5.15 Å². The Balaban J connectivity index is 1.78. The second-order valence-electron chi connectivity index (χ2n) is 5.58. The first-order valence-corrected chi connectivity index (χ1v) is 8.57. The molecule has 0 aliphatic carbocycles. The van der Waals surface area contributed by atoms with Crippen LogP contribution in [0.4, 0.5) is 5.69 Å². The molecule has 0 saturated heterocycles. The number of amides is 2. The highest BCUT2D eigenvalue weighted by molar-refractivity contribution is 6.31. The first kappa shape index (κ1) is 18.4. The molecule has 0 unspecified atom stereocenters. The number of rotatable bonds is 6. The molecule has 0 bridgehead atoms. The minimum atomic E-state index is -0.388. The number of fused-ring (bicyclic) bond motifs is 1. The Morgan fingerprint density at radius 2 is 1.96 bits per heavy atom. The zero-order chi connectivity index (χ0) is 19.2. The lowest BCUT2D eigenvalue weighted by molar-refractivity contribution is -0.111. The molecule has 2 heterocycles. The number of benzene rings is 1. The number of imidazole rings is 1. The molecule has 6 nitrogen and oxygen atoms in total. The summed E-state index contributed by atoms with van der Waals surface area (Å²) in [5.74, 6) is -0.680. The van der Waals surface area contributed by atoms with Gasteiger partial charge in [-0.15, -0.1) is 6.58 Å². The van der Waals surface area contributed by atoms with Gasteiger partial charge in [-0.25, -0.2) is 4.98 Å². The van der Waals surface area contributed by atoms with Gasteiger partial charge in [-0.3, -0.25) is 14.0 Å². The lowest BCUT2D eigenvalue weighted by Crippen LogP contribution is -2.24. The minimum absolute atomic E-state index is 0.292. The van der Waals surface area contributed by atoms with Crippen LogP contribution in [0.2, 0.25) is 5.15 Å². The van der Waals surface area contributed by atoms with Gasteiger partial charge in [0.2, 0.25) is 5.91 Å². The average Bonchev–Trinajstić information content (AvgIpc) is 3.00. The molecule has 0 aliphatic heterocycles. The number of aromatic nitrogens is 2. The maximum atomic E-state index is 12.3. The molecule has 2 aromatic heterocycles. The fourth-order valence-corrected chi connectivity index (χ4v) is 2.76. The van der Waals surface area contributed by atoms with Gasteiger partial charge < -0.3 is 10.6 Å². The lowest BCUT2D eigenvalue weighted by Gasteiger charge is -2.09. The summed E-state index contributed by atoms with van der Waals surface area (Å²) >= 11 is 6.15. The molecule has 7 heteroatoms. The number of hydrogen-bond acceptors (Lipinski definition) is 3. The van der Waals surface area contributed by atoms with E-state index in [9.17, 15) is 9.59 Å². The van der Waals surface area contributed by atoms with E-state index in [0.29, 0.717) is 34.3 Å². The molecule has 136 valence electrons. The van der Waals surface area contributed by atoms with Crippen molar-refractivity contribution in [2.45, 2.75) is 0 Å². The molecule has 0 atom stereocenters. The Morgan fingerprint density at radius 3 is 2.78 bits per heavy atom. The zero-order valence-corrected chi connectivity index (χ0v) is 15.1. The summed E-state index contributed by atoms with van der Waals surface area (Å²) in [5.41, 5.74) is 2.07. The molecule has 3 aromatic rings. The van der Waals surface area contributed by atoms with E-state index in [1.807, 2.05) is 24.4 Å². The number of nitrogens with zero attached hydrogens (tertiary/aromatic N) is 2. The van der Waals surface area contributed by atoms with Crippen molar-refractivity contribution in [3.05, 3.63) is 83.8 Å². The van der Waals surface area contributed by atoms with Crippen molar-refractivity contribution in [1.82, 2.24) is 14.7 Å². The van der Waals surface area contributed by atoms with Crippen LogP contribution in [0.1, 0.15) is 16.1 Å². The van der Waals surface area contributed by atoms with E-state index in [0.717, 1.165) is 0 Å². The number of carbonyl (C=O) groups excluding carboxylic acids is 2. The minimum Gasteiger partial charge on any atom is -0.349 e. The maximum Gasteiger partial charge on any atom is 0.253 e. The summed E-state index contributed by atoms with van der Waals surface area (Å²) in [7, 11) is 0. The third-order valence-corrected chi connectivity index (χ3v) is 4.03. The molecular formula is C20H17ClN4O2. The predicted molar refractivity (Wildman–Crippen MR) is 107 cm³/mol. The summed E-state index contributed by atoms with van der Waals surface area (Å²) < 4.78 is 1.78. The quantitative estimate of drug-likeness (QED) is 0.507. The molecule has 1 aromatic carbocycles. The van der Waals surface area contributed by atoms with Gasteiger partial charge in [0.05, 0.1) is 16.9 Å². The van der Waals surface area contributed by atoms with E-state index < -0.39 is 0 Å². The highest BCUT2D eigenvalue weighted by Gasteiger charge is 2.12. The van der Waals surface area contributed by atoms with Gasteiger partial charge in [-0.05, 0) is 30.3 Å². The van der Waals surface area contributed by atoms with Crippen molar-refractivity contribution < 1.29 is 9.59 Å². The van der Waals surface area contributed by atoms with Crippen LogP contribution in [0.25, 0.3) is 11.7 Å². The van der Waals surface area contributed by atoms with Crippen LogP contribution in [0.5, 0.6) is 0 Å². The van der Waals surface area contributed by atoms with Crippen molar-refractivity contribution in [2.75, 3.05) is 11.9 Å². The lowest BCUT2D eigenvalue weighted by atomic mass is 10.1. The van der Waals surface area contributed by atoms with Gasteiger partial charge in [0.25, 0.3) is 5.91 Å². The monoisotopic (exact) mass is 380 g/mol. The standard InChI is InChI=1S/C20H17ClN4O2/c1-2-12-22-20(27)14-7-3-4-8-15(14)23-18(26)11-10-16-19(21)24-17-9-5-6-13-25(16)17/h2-11,13H,1,12H2,(H,22,27)(H,23,26). The first-order chi connectivity index (χ1) is 13.1. The fourth-order valence-electron chi connectivity index (χ4n) is 2.51. The SMILES string of the molecule is C=CCNC(=O)c1ccccc1NC(=O)C=Cc1c(Cl)nc2ccccn12. The Hall–Kier alpha value is -3.38. The van der Waals surface area contributed by atoms with Crippen LogP contribution < -0.4 is 10.6 Å². The number of pyridine rings is 1. The number of para-hydroxylation sites is 1. The number of halogens is 1. The van der Waals surface area contributed by atoms with E-state index in [4.69, 9.17) is 11.6 Å². The summed E-state index contributed by atoms with van der Waals surface area (Å²) in [6.45, 7) is 3.90. The van der Waals surface area contributed by atoms with Gasteiger partial charge >= 0.3 is 0 Å². The summed E-state index contributed by atoms with van der Waals surface area (Å²) in [4.78, 5) is 28.7. The number of nitrogens with one attached hydrogen (secondary N) is 2. The average molecular weight is 381 g/mol. The van der Waals surface area contributed by atoms with E-state index in [2.05, 4.69) is 22.2 Å². The molecule has 0 saturated carbocycles. The van der Waals surface area contributed by atoms with Crippen LogP contribution in [-0.4, -0.2) is 27.7 Å². The van der Waals surface area contributed by atoms with E-state index in [1.165, 1.54) is 6.08 Å². The maximum absolute atomic E-state index is 12.3. The second kappa shape index (κ2) is 8.33. The molecule has 0 fully saturated rings. The van der Waals surface area contributed by atoms with Crippen LogP contribution in [0, 0.1) is 0 Å². The predicted octanol–water partition coefficient (Wildman–Crippen LogP) is 3.56. The van der Waals surface area contributed by atoms with Crippen LogP contribution in [0.15, 0.2) is 67.4 Å². The highest BCUT2D eigenvalue weighted by atomic mass is 35.5.